The van der Waals surface area contributed by atoms with E-state index < -0.39 is 0 Å². The van der Waals surface area contributed by atoms with Crippen LogP contribution in [0, 0.1) is 6.92 Å². The van der Waals surface area contributed by atoms with Gasteiger partial charge in [0, 0.05) is 10.6 Å². The third-order valence-electron chi connectivity index (χ3n) is 3.43. The van der Waals surface area contributed by atoms with Crippen LogP contribution in [-0.4, -0.2) is 18.1 Å². The van der Waals surface area contributed by atoms with Gasteiger partial charge in [0.05, 0.1) is 6.61 Å². The molecule has 0 saturated heterocycles. The first-order valence-corrected chi connectivity index (χ1v) is 10.4. The van der Waals surface area contributed by atoms with Crippen molar-refractivity contribution >= 4 is 23.5 Å². The normalized spacial score (nSPS) is 10.7. The lowest BCUT2D eigenvalue weighted by molar-refractivity contribution is 0.318. The Bertz CT molecular complexity index is 569. The van der Waals surface area contributed by atoms with E-state index >= 15 is 0 Å². The van der Waals surface area contributed by atoms with Gasteiger partial charge in [-0.1, -0.05) is 43.3 Å². The van der Waals surface area contributed by atoms with Crippen molar-refractivity contribution in [2.45, 2.75) is 37.3 Å². The summed E-state index contributed by atoms with van der Waals surface area (Å²) in [6.45, 7) is 5.18. The Kier molecular flexibility index (Phi) is 8.48. The monoisotopic (exact) mass is 346 g/mol. The van der Waals surface area contributed by atoms with E-state index in [1.54, 1.807) is 0 Å². The maximum Gasteiger partial charge on any atom is 0.120 e. The highest BCUT2D eigenvalue weighted by Gasteiger charge is 2.02. The van der Waals surface area contributed by atoms with Crippen LogP contribution in [0.15, 0.2) is 53.4 Å². The lowest BCUT2D eigenvalue weighted by Gasteiger charge is -2.10. The maximum atomic E-state index is 5.91. The molecule has 0 aliphatic carbocycles. The van der Waals surface area contributed by atoms with Gasteiger partial charge in [0.2, 0.25) is 0 Å². The van der Waals surface area contributed by atoms with Gasteiger partial charge in [-0.3, -0.25) is 0 Å². The van der Waals surface area contributed by atoms with E-state index in [1.165, 1.54) is 28.2 Å². The molecule has 0 aliphatic heterocycles. The molecule has 0 unspecified atom stereocenters. The number of hydrogen-bond donors (Lipinski definition) is 0. The van der Waals surface area contributed by atoms with Gasteiger partial charge in [-0.05, 0) is 54.5 Å². The number of thioether (sulfide) groups is 2. The topological polar surface area (TPSA) is 9.23 Å². The van der Waals surface area contributed by atoms with Crippen LogP contribution in [0.3, 0.4) is 0 Å². The Labute approximate surface area is 149 Å². The first kappa shape index (κ1) is 18.3. The van der Waals surface area contributed by atoms with E-state index in [1.807, 2.05) is 23.5 Å². The molecular formula is C20H26OS2. The predicted octanol–water partition coefficient (Wildman–Crippen LogP) is 6.20. The van der Waals surface area contributed by atoms with E-state index in [0.29, 0.717) is 0 Å². The highest BCUT2D eigenvalue weighted by atomic mass is 32.2. The quantitative estimate of drug-likeness (QED) is 0.374. The zero-order chi connectivity index (χ0) is 16.3. The minimum absolute atomic E-state index is 0.794. The van der Waals surface area contributed by atoms with Gasteiger partial charge in [0.15, 0.2) is 0 Å². The molecule has 0 amide bonds. The second-order valence-corrected chi connectivity index (χ2v) is 7.76. The van der Waals surface area contributed by atoms with E-state index in [4.69, 9.17) is 4.74 Å². The summed E-state index contributed by atoms with van der Waals surface area (Å²) in [5, 5.41) is 0. The van der Waals surface area contributed by atoms with Crippen molar-refractivity contribution in [3.8, 4) is 5.75 Å². The zero-order valence-corrected chi connectivity index (χ0v) is 15.7. The molecule has 0 bridgehead atoms. The molecule has 2 aromatic rings. The van der Waals surface area contributed by atoms with E-state index in [-0.39, 0.29) is 0 Å². The van der Waals surface area contributed by atoms with Gasteiger partial charge in [-0.2, -0.15) is 11.8 Å². The summed E-state index contributed by atoms with van der Waals surface area (Å²) in [6, 6.07) is 17.1. The highest BCUT2D eigenvalue weighted by Crippen LogP contribution is 2.27. The molecule has 2 rings (SSSR count). The Morgan fingerprint density at radius 2 is 1.83 bits per heavy atom. The summed E-state index contributed by atoms with van der Waals surface area (Å²) in [4.78, 5) is 1.35. The number of benzene rings is 2. The van der Waals surface area contributed by atoms with Gasteiger partial charge in [0.1, 0.15) is 5.75 Å². The van der Waals surface area contributed by atoms with Crippen LogP contribution < -0.4 is 4.74 Å². The van der Waals surface area contributed by atoms with E-state index in [0.717, 1.165) is 30.3 Å². The minimum atomic E-state index is 0.794. The number of hydrogen-bond acceptors (Lipinski definition) is 3. The summed E-state index contributed by atoms with van der Waals surface area (Å²) < 4.78 is 5.91. The summed E-state index contributed by atoms with van der Waals surface area (Å²) in [5.74, 6) is 4.39. The van der Waals surface area contributed by atoms with E-state index in [2.05, 4.69) is 62.4 Å². The molecule has 0 radical (unpaired) electrons. The van der Waals surface area contributed by atoms with Crippen LogP contribution in [0.2, 0.25) is 0 Å². The lowest BCUT2D eigenvalue weighted by Crippen LogP contribution is -1.99. The second-order valence-electron chi connectivity index (χ2n) is 5.52. The average molecular weight is 347 g/mol. The van der Waals surface area contributed by atoms with Gasteiger partial charge >= 0.3 is 0 Å². The molecule has 0 N–H and O–H groups in total. The van der Waals surface area contributed by atoms with Crippen molar-refractivity contribution in [3.63, 3.8) is 0 Å². The van der Waals surface area contributed by atoms with Crippen LogP contribution in [0.25, 0.3) is 0 Å². The van der Waals surface area contributed by atoms with Gasteiger partial charge in [-0.25, -0.2) is 0 Å². The molecule has 0 spiro atoms. The standard InChI is InChI=1S/C20H26OS2/c1-3-13-23-20-15-19(11-10-17(20)2)21-12-7-14-22-16-18-8-5-4-6-9-18/h4-6,8-11,15H,3,7,12-14,16H2,1-2H3. The third kappa shape index (κ3) is 6.92. The van der Waals surface area contributed by atoms with Crippen molar-refractivity contribution in [2.75, 3.05) is 18.1 Å². The minimum Gasteiger partial charge on any atom is -0.494 e. The first-order valence-electron chi connectivity index (χ1n) is 8.27. The molecule has 0 heterocycles. The van der Waals surface area contributed by atoms with Crippen molar-refractivity contribution in [1.29, 1.82) is 0 Å². The Hall–Kier alpha value is -1.06. The number of ether oxygens (including phenoxy) is 1. The highest BCUT2D eigenvalue weighted by molar-refractivity contribution is 7.99. The molecule has 0 aromatic heterocycles. The van der Waals surface area contributed by atoms with Crippen LogP contribution in [0.1, 0.15) is 30.9 Å². The maximum absolute atomic E-state index is 5.91. The summed E-state index contributed by atoms with van der Waals surface area (Å²) >= 11 is 3.90. The van der Waals surface area contributed by atoms with Gasteiger partial charge < -0.3 is 4.74 Å². The second kappa shape index (κ2) is 10.7. The first-order chi connectivity index (χ1) is 11.3. The fraction of sp³-hybridized carbons (Fsp3) is 0.400. The van der Waals surface area contributed by atoms with Crippen LogP contribution in [-0.2, 0) is 5.75 Å². The zero-order valence-electron chi connectivity index (χ0n) is 14.1. The molecule has 0 aliphatic rings. The molecule has 2 aromatic carbocycles. The molecule has 3 heteroatoms. The molecular weight excluding hydrogens is 320 g/mol. The summed E-state index contributed by atoms with van der Waals surface area (Å²) in [6.07, 6.45) is 2.29. The number of aryl methyl sites for hydroxylation is 1. The molecule has 0 saturated carbocycles. The molecule has 0 atom stereocenters. The molecule has 23 heavy (non-hydrogen) atoms. The number of rotatable bonds is 10. The Balaban J connectivity index is 1.66. The molecule has 1 nitrogen and oxygen atoms in total. The fourth-order valence-corrected chi connectivity index (χ4v) is 3.97. The van der Waals surface area contributed by atoms with Gasteiger partial charge in [-0.15, -0.1) is 11.8 Å². The molecule has 0 fully saturated rings. The summed E-state index contributed by atoms with van der Waals surface area (Å²) in [5.41, 5.74) is 2.74. The summed E-state index contributed by atoms with van der Waals surface area (Å²) in [7, 11) is 0. The average Bonchev–Trinajstić information content (AvgIpc) is 2.59. The Morgan fingerprint density at radius 1 is 1.00 bits per heavy atom. The van der Waals surface area contributed by atoms with Crippen LogP contribution >= 0.6 is 23.5 Å². The SMILES string of the molecule is CCCSc1cc(OCCCSCc2ccccc2)ccc1C. The largest absolute Gasteiger partial charge is 0.494 e. The van der Waals surface area contributed by atoms with Crippen molar-refractivity contribution in [1.82, 2.24) is 0 Å². The predicted molar refractivity (Wildman–Crippen MR) is 105 cm³/mol. The lowest BCUT2D eigenvalue weighted by atomic mass is 10.2. The van der Waals surface area contributed by atoms with Crippen molar-refractivity contribution < 1.29 is 4.74 Å². The van der Waals surface area contributed by atoms with Crippen molar-refractivity contribution in [2.24, 2.45) is 0 Å². The molecule has 124 valence electrons. The van der Waals surface area contributed by atoms with Crippen LogP contribution in [0.5, 0.6) is 5.75 Å². The fourth-order valence-electron chi connectivity index (χ4n) is 2.15. The van der Waals surface area contributed by atoms with Crippen LogP contribution in [0.4, 0.5) is 0 Å². The third-order valence-corrected chi connectivity index (χ3v) is 5.91. The Morgan fingerprint density at radius 3 is 2.61 bits per heavy atom. The van der Waals surface area contributed by atoms with Gasteiger partial charge in [0.25, 0.3) is 0 Å². The smallest absolute Gasteiger partial charge is 0.120 e. The van der Waals surface area contributed by atoms with Crippen molar-refractivity contribution in [3.05, 3.63) is 59.7 Å². The van der Waals surface area contributed by atoms with E-state index in [9.17, 15) is 0 Å².